The molecule has 3 heteroatoms. The summed E-state index contributed by atoms with van der Waals surface area (Å²) < 4.78 is 0. The van der Waals surface area contributed by atoms with Crippen molar-refractivity contribution < 1.29 is 0 Å². The van der Waals surface area contributed by atoms with Crippen molar-refractivity contribution in [3.8, 4) is 0 Å². The Morgan fingerprint density at radius 1 is 1.50 bits per heavy atom. The van der Waals surface area contributed by atoms with Crippen molar-refractivity contribution in [2.75, 3.05) is 5.75 Å². The van der Waals surface area contributed by atoms with Crippen molar-refractivity contribution >= 4 is 16.9 Å². The van der Waals surface area contributed by atoms with Gasteiger partial charge in [-0.3, -0.25) is 4.99 Å². The van der Waals surface area contributed by atoms with Crippen LogP contribution in [0, 0.1) is 0 Å². The summed E-state index contributed by atoms with van der Waals surface area (Å²) in [5, 5.41) is 0.690. The molecule has 2 nitrogen and oxygen atoms in total. The van der Waals surface area contributed by atoms with Crippen LogP contribution in [-0.2, 0) is 0 Å². The number of nitrogens with zero attached hydrogens (tertiary/aromatic N) is 1. The van der Waals surface area contributed by atoms with Gasteiger partial charge in [0.1, 0.15) is 0 Å². The number of thioether (sulfide) groups is 1. The molecular formula is C7H16N2S. The first-order valence-electron chi connectivity index (χ1n) is 3.44. The molecule has 0 unspecified atom stereocenters. The average Bonchev–Trinajstić information content (AvgIpc) is 1.59. The van der Waals surface area contributed by atoms with Crippen LogP contribution in [0.5, 0.6) is 0 Å². The fourth-order valence-electron chi connectivity index (χ4n) is 0.511. The van der Waals surface area contributed by atoms with Crippen molar-refractivity contribution in [2.24, 2.45) is 10.7 Å². The van der Waals surface area contributed by atoms with E-state index in [0.717, 1.165) is 5.75 Å². The van der Waals surface area contributed by atoms with Crippen LogP contribution in [0.4, 0.5) is 0 Å². The van der Waals surface area contributed by atoms with Gasteiger partial charge in [0.25, 0.3) is 0 Å². The molecule has 2 N–H and O–H groups in total. The van der Waals surface area contributed by atoms with Crippen LogP contribution in [0.25, 0.3) is 0 Å². The highest BCUT2D eigenvalue weighted by atomic mass is 32.2. The SMILES string of the molecule is CCS/C(N)=N/C(C)(C)C. The van der Waals surface area contributed by atoms with Gasteiger partial charge in [0, 0.05) is 0 Å². The normalized spacial score (nSPS) is 13.8. The van der Waals surface area contributed by atoms with E-state index < -0.39 is 0 Å². The van der Waals surface area contributed by atoms with E-state index in [1.54, 1.807) is 11.8 Å². The Morgan fingerprint density at radius 3 is 2.30 bits per heavy atom. The molecule has 0 heterocycles. The first-order valence-corrected chi connectivity index (χ1v) is 4.42. The maximum atomic E-state index is 5.58. The Morgan fingerprint density at radius 2 is 2.00 bits per heavy atom. The number of amidine groups is 1. The highest BCUT2D eigenvalue weighted by Crippen LogP contribution is 2.09. The third-order valence-electron chi connectivity index (χ3n) is 0.738. The van der Waals surface area contributed by atoms with Crippen molar-refractivity contribution in [3.05, 3.63) is 0 Å². The van der Waals surface area contributed by atoms with Crippen LogP contribution < -0.4 is 5.73 Å². The molecule has 0 aromatic carbocycles. The molecule has 0 aliphatic carbocycles. The molecular weight excluding hydrogens is 144 g/mol. The van der Waals surface area contributed by atoms with Gasteiger partial charge >= 0.3 is 0 Å². The lowest BCUT2D eigenvalue weighted by molar-refractivity contribution is 0.585. The summed E-state index contributed by atoms with van der Waals surface area (Å²) in [6.07, 6.45) is 0. The summed E-state index contributed by atoms with van der Waals surface area (Å²) in [6.45, 7) is 8.18. The third-order valence-corrected chi connectivity index (χ3v) is 1.41. The summed E-state index contributed by atoms with van der Waals surface area (Å²) in [6, 6.07) is 0. The molecule has 0 saturated carbocycles. The minimum atomic E-state index is -0.0355. The monoisotopic (exact) mass is 160 g/mol. The topological polar surface area (TPSA) is 38.4 Å². The van der Waals surface area contributed by atoms with Gasteiger partial charge in [-0.05, 0) is 26.5 Å². The Hall–Kier alpha value is -0.180. The Bertz CT molecular complexity index is 124. The lowest BCUT2D eigenvalue weighted by atomic mass is 10.1. The van der Waals surface area contributed by atoms with E-state index in [1.165, 1.54) is 0 Å². The predicted octanol–water partition coefficient (Wildman–Crippen LogP) is 1.85. The van der Waals surface area contributed by atoms with E-state index in [0.29, 0.717) is 5.17 Å². The van der Waals surface area contributed by atoms with E-state index >= 15 is 0 Å². The van der Waals surface area contributed by atoms with E-state index in [9.17, 15) is 0 Å². The predicted molar refractivity (Wildman–Crippen MR) is 49.5 cm³/mol. The first kappa shape index (κ1) is 9.82. The van der Waals surface area contributed by atoms with Crippen LogP contribution in [0.1, 0.15) is 27.7 Å². The van der Waals surface area contributed by atoms with E-state index in [2.05, 4.69) is 11.9 Å². The molecule has 0 radical (unpaired) electrons. The molecule has 10 heavy (non-hydrogen) atoms. The van der Waals surface area contributed by atoms with Gasteiger partial charge in [-0.25, -0.2) is 0 Å². The smallest absolute Gasteiger partial charge is 0.154 e. The summed E-state index contributed by atoms with van der Waals surface area (Å²) in [4.78, 5) is 4.26. The standard InChI is InChI=1S/C7H16N2S/c1-5-10-6(8)9-7(2,3)4/h5H2,1-4H3,(H2,8,9). The molecule has 0 aromatic rings. The number of rotatable bonds is 1. The van der Waals surface area contributed by atoms with Gasteiger partial charge in [-0.15, -0.1) is 0 Å². The van der Waals surface area contributed by atoms with Crippen LogP contribution in [-0.4, -0.2) is 16.5 Å². The summed E-state index contributed by atoms with van der Waals surface area (Å²) in [7, 11) is 0. The van der Waals surface area contributed by atoms with Crippen molar-refractivity contribution in [3.63, 3.8) is 0 Å². The highest BCUT2D eigenvalue weighted by molar-refractivity contribution is 8.13. The van der Waals surface area contributed by atoms with E-state index in [4.69, 9.17) is 5.73 Å². The van der Waals surface area contributed by atoms with Gasteiger partial charge < -0.3 is 5.73 Å². The largest absolute Gasteiger partial charge is 0.379 e. The minimum absolute atomic E-state index is 0.0355. The molecule has 0 aromatic heterocycles. The summed E-state index contributed by atoms with van der Waals surface area (Å²) in [5.41, 5.74) is 5.55. The molecule has 0 spiro atoms. The van der Waals surface area contributed by atoms with E-state index in [-0.39, 0.29) is 5.54 Å². The molecule has 0 aliphatic rings. The van der Waals surface area contributed by atoms with Gasteiger partial charge in [-0.2, -0.15) is 0 Å². The third kappa shape index (κ3) is 5.95. The average molecular weight is 160 g/mol. The first-order chi connectivity index (χ1) is 4.45. The van der Waals surface area contributed by atoms with Gasteiger partial charge in [-0.1, -0.05) is 18.7 Å². The molecule has 0 atom stereocenters. The quantitative estimate of drug-likeness (QED) is 0.469. The van der Waals surface area contributed by atoms with Gasteiger partial charge in [0.05, 0.1) is 5.54 Å². The number of hydrogen-bond donors (Lipinski definition) is 1. The minimum Gasteiger partial charge on any atom is -0.379 e. The second-order valence-corrected chi connectivity index (χ2v) is 4.34. The lowest BCUT2D eigenvalue weighted by Crippen LogP contribution is -2.17. The number of nitrogens with two attached hydrogens (primary N) is 1. The molecule has 0 saturated heterocycles. The molecule has 60 valence electrons. The second kappa shape index (κ2) is 3.86. The number of hydrogen-bond acceptors (Lipinski definition) is 2. The van der Waals surface area contributed by atoms with Crippen LogP contribution in [0.3, 0.4) is 0 Å². The fraction of sp³-hybridized carbons (Fsp3) is 0.857. The fourth-order valence-corrected chi connectivity index (χ4v) is 1.14. The zero-order valence-electron chi connectivity index (χ0n) is 7.14. The second-order valence-electron chi connectivity index (χ2n) is 3.05. The lowest BCUT2D eigenvalue weighted by Gasteiger charge is -2.12. The van der Waals surface area contributed by atoms with Crippen molar-refractivity contribution in [1.82, 2.24) is 0 Å². The van der Waals surface area contributed by atoms with Crippen LogP contribution in [0.15, 0.2) is 4.99 Å². The molecule has 0 fully saturated rings. The van der Waals surface area contributed by atoms with Gasteiger partial charge in [0.2, 0.25) is 0 Å². The van der Waals surface area contributed by atoms with E-state index in [1.807, 2.05) is 20.8 Å². The molecule has 0 aliphatic heterocycles. The van der Waals surface area contributed by atoms with Crippen molar-refractivity contribution in [2.45, 2.75) is 33.2 Å². The maximum absolute atomic E-state index is 5.58. The summed E-state index contributed by atoms with van der Waals surface area (Å²) >= 11 is 1.59. The zero-order chi connectivity index (χ0) is 8.20. The Balaban J connectivity index is 3.90. The van der Waals surface area contributed by atoms with Crippen LogP contribution >= 0.6 is 11.8 Å². The number of aliphatic imine (C=N–C) groups is 1. The maximum Gasteiger partial charge on any atom is 0.154 e. The van der Waals surface area contributed by atoms with Crippen LogP contribution in [0.2, 0.25) is 0 Å². The molecule has 0 amide bonds. The Labute approximate surface area is 67.3 Å². The van der Waals surface area contributed by atoms with Crippen molar-refractivity contribution in [1.29, 1.82) is 0 Å². The zero-order valence-corrected chi connectivity index (χ0v) is 7.96. The van der Waals surface area contributed by atoms with Gasteiger partial charge in [0.15, 0.2) is 5.17 Å². The molecule has 0 bridgehead atoms. The highest BCUT2D eigenvalue weighted by Gasteiger charge is 2.07. The molecule has 0 rings (SSSR count). The Kier molecular flexibility index (Phi) is 3.79. The summed E-state index contributed by atoms with van der Waals surface area (Å²) in [5.74, 6) is 0.991.